The molecule has 1 atom stereocenters. The SMILES string of the molecule is CCS(=O)(=O)Nc1cccc(C2=NN(S(=O)(=O)c3ccccc3)[C@@H](c3cccs3)C2)c1. The molecule has 0 unspecified atom stereocenters. The Balaban J connectivity index is 1.74. The molecule has 7 nitrogen and oxygen atoms in total. The first-order valence-electron chi connectivity index (χ1n) is 9.61. The number of anilines is 1. The minimum absolute atomic E-state index is 0.0400. The van der Waals surface area contributed by atoms with Crippen LogP contribution in [0.3, 0.4) is 0 Å². The van der Waals surface area contributed by atoms with E-state index in [1.807, 2.05) is 17.5 Å². The van der Waals surface area contributed by atoms with E-state index in [4.69, 9.17) is 0 Å². The summed E-state index contributed by atoms with van der Waals surface area (Å²) in [4.78, 5) is 1.06. The van der Waals surface area contributed by atoms with E-state index < -0.39 is 26.1 Å². The summed E-state index contributed by atoms with van der Waals surface area (Å²) in [5.74, 6) is -0.0400. The van der Waals surface area contributed by atoms with Gasteiger partial charge in [-0.3, -0.25) is 4.72 Å². The smallest absolute Gasteiger partial charge is 0.279 e. The number of hydrogen-bond acceptors (Lipinski definition) is 6. The summed E-state index contributed by atoms with van der Waals surface area (Å²) in [7, 11) is -7.28. The van der Waals surface area contributed by atoms with E-state index >= 15 is 0 Å². The highest BCUT2D eigenvalue weighted by Gasteiger charge is 2.38. The lowest BCUT2D eigenvalue weighted by molar-refractivity contribution is 0.375. The zero-order valence-corrected chi connectivity index (χ0v) is 19.1. The fraction of sp³-hybridized carbons (Fsp3) is 0.190. The Morgan fingerprint density at radius 3 is 2.48 bits per heavy atom. The van der Waals surface area contributed by atoms with Crippen LogP contribution in [-0.2, 0) is 20.0 Å². The highest BCUT2D eigenvalue weighted by atomic mass is 32.2. The summed E-state index contributed by atoms with van der Waals surface area (Å²) in [5.41, 5.74) is 1.66. The lowest BCUT2D eigenvalue weighted by atomic mass is 10.0. The van der Waals surface area contributed by atoms with Crippen molar-refractivity contribution in [2.75, 3.05) is 10.5 Å². The van der Waals surface area contributed by atoms with E-state index in [0.29, 0.717) is 23.4 Å². The Hall–Kier alpha value is -2.69. The first kappa shape index (κ1) is 21.5. The van der Waals surface area contributed by atoms with E-state index in [-0.39, 0.29) is 10.6 Å². The van der Waals surface area contributed by atoms with Gasteiger partial charge in [0.05, 0.1) is 16.4 Å². The third-order valence-corrected chi connectivity index (χ3v) is 8.86. The zero-order chi connectivity index (χ0) is 22.1. The summed E-state index contributed by atoms with van der Waals surface area (Å²) in [5, 5.41) is 6.40. The van der Waals surface area contributed by atoms with E-state index in [1.165, 1.54) is 15.8 Å². The van der Waals surface area contributed by atoms with Gasteiger partial charge in [-0.2, -0.15) is 17.9 Å². The predicted octanol–water partition coefficient (Wildman–Crippen LogP) is 4.05. The normalized spacial score (nSPS) is 16.9. The van der Waals surface area contributed by atoms with Crippen molar-refractivity contribution in [2.45, 2.75) is 24.3 Å². The van der Waals surface area contributed by atoms with Crippen molar-refractivity contribution in [3.8, 4) is 0 Å². The van der Waals surface area contributed by atoms with Crippen molar-refractivity contribution in [2.24, 2.45) is 5.10 Å². The highest BCUT2D eigenvalue weighted by Crippen LogP contribution is 2.39. The van der Waals surface area contributed by atoms with Gasteiger partial charge in [-0.05, 0) is 48.2 Å². The molecular weight excluding hydrogens is 454 g/mol. The van der Waals surface area contributed by atoms with Crippen LogP contribution in [0.5, 0.6) is 0 Å². The van der Waals surface area contributed by atoms with Crippen LogP contribution in [-0.4, -0.2) is 32.7 Å². The van der Waals surface area contributed by atoms with E-state index in [0.717, 1.165) is 4.88 Å². The fourth-order valence-corrected chi connectivity index (χ4v) is 6.25. The standard InChI is InChI=1S/C21H21N3O4S3/c1-2-30(25,26)23-17-9-6-8-16(14-17)19-15-20(21-12-7-13-29-21)24(22-19)31(27,28)18-10-4-3-5-11-18/h3-14,20,23H,2,15H2,1H3/t20-/m1/s1. The van der Waals surface area contributed by atoms with Gasteiger partial charge in [-0.15, -0.1) is 11.3 Å². The molecule has 1 aliphatic heterocycles. The number of hydrazone groups is 1. The molecule has 0 saturated carbocycles. The number of nitrogens with one attached hydrogen (secondary N) is 1. The van der Waals surface area contributed by atoms with Crippen LogP contribution in [0.15, 0.2) is 82.1 Å². The third kappa shape index (κ3) is 4.51. The molecule has 3 aromatic rings. The molecule has 31 heavy (non-hydrogen) atoms. The van der Waals surface area contributed by atoms with Crippen molar-refractivity contribution in [3.05, 3.63) is 82.6 Å². The van der Waals surface area contributed by atoms with Gasteiger partial charge in [0.1, 0.15) is 6.04 Å². The Morgan fingerprint density at radius 1 is 1.03 bits per heavy atom. The van der Waals surface area contributed by atoms with Crippen molar-refractivity contribution in [1.29, 1.82) is 0 Å². The van der Waals surface area contributed by atoms with Crippen LogP contribution in [0.4, 0.5) is 5.69 Å². The second-order valence-electron chi connectivity index (χ2n) is 6.96. The van der Waals surface area contributed by atoms with Crippen LogP contribution >= 0.6 is 11.3 Å². The molecule has 10 heteroatoms. The summed E-state index contributed by atoms with van der Waals surface area (Å²) in [6.07, 6.45) is 0.385. The van der Waals surface area contributed by atoms with Crippen molar-refractivity contribution in [1.82, 2.24) is 4.41 Å². The lowest BCUT2D eigenvalue weighted by Gasteiger charge is -2.22. The van der Waals surface area contributed by atoms with Crippen molar-refractivity contribution >= 4 is 42.8 Å². The predicted molar refractivity (Wildman–Crippen MR) is 123 cm³/mol. The summed E-state index contributed by atoms with van der Waals surface area (Å²) >= 11 is 1.48. The third-order valence-electron chi connectivity index (χ3n) is 4.88. The van der Waals surface area contributed by atoms with Gasteiger partial charge in [0.25, 0.3) is 10.0 Å². The van der Waals surface area contributed by atoms with Gasteiger partial charge in [-0.1, -0.05) is 36.4 Å². The molecule has 2 aromatic carbocycles. The Bertz CT molecular complexity index is 1300. The van der Waals surface area contributed by atoms with Gasteiger partial charge in [0.2, 0.25) is 10.0 Å². The number of nitrogens with zero attached hydrogens (tertiary/aromatic N) is 2. The molecule has 1 aromatic heterocycles. The van der Waals surface area contributed by atoms with Gasteiger partial charge < -0.3 is 0 Å². The van der Waals surface area contributed by atoms with Crippen LogP contribution in [0, 0.1) is 0 Å². The second-order valence-corrected chi connectivity index (χ2v) is 11.7. The average molecular weight is 476 g/mol. The molecule has 1 N–H and O–H groups in total. The number of rotatable bonds is 7. The molecule has 2 heterocycles. The molecule has 162 valence electrons. The van der Waals surface area contributed by atoms with Gasteiger partial charge >= 0.3 is 0 Å². The molecular formula is C21H21N3O4S3. The number of thiophene rings is 1. The van der Waals surface area contributed by atoms with Crippen molar-refractivity contribution < 1.29 is 16.8 Å². The van der Waals surface area contributed by atoms with E-state index in [1.54, 1.807) is 61.5 Å². The second kappa shape index (κ2) is 8.45. The monoisotopic (exact) mass is 475 g/mol. The molecule has 0 fully saturated rings. The maximum absolute atomic E-state index is 13.3. The van der Waals surface area contributed by atoms with Crippen LogP contribution in [0.2, 0.25) is 0 Å². The number of sulfonamides is 2. The molecule has 0 aliphatic carbocycles. The van der Waals surface area contributed by atoms with E-state index in [9.17, 15) is 16.8 Å². The van der Waals surface area contributed by atoms with Crippen LogP contribution < -0.4 is 4.72 Å². The average Bonchev–Trinajstić information content (AvgIpc) is 3.44. The number of benzene rings is 2. The molecule has 0 bridgehead atoms. The molecule has 0 radical (unpaired) electrons. The van der Waals surface area contributed by atoms with E-state index in [2.05, 4.69) is 9.82 Å². The number of hydrogen-bond donors (Lipinski definition) is 1. The largest absolute Gasteiger partial charge is 0.284 e. The maximum Gasteiger partial charge on any atom is 0.279 e. The molecule has 4 rings (SSSR count). The zero-order valence-electron chi connectivity index (χ0n) is 16.7. The Kier molecular flexibility index (Phi) is 5.87. The quantitative estimate of drug-likeness (QED) is 0.558. The first-order valence-corrected chi connectivity index (χ1v) is 13.6. The topological polar surface area (TPSA) is 95.9 Å². The highest BCUT2D eigenvalue weighted by molar-refractivity contribution is 7.92. The van der Waals surface area contributed by atoms with Crippen LogP contribution in [0.25, 0.3) is 0 Å². The minimum atomic E-state index is -3.86. The Morgan fingerprint density at radius 2 is 1.81 bits per heavy atom. The fourth-order valence-electron chi connectivity index (χ4n) is 3.29. The molecule has 0 spiro atoms. The molecule has 0 saturated heterocycles. The summed E-state index contributed by atoms with van der Waals surface area (Å²) < 4.78 is 54.2. The van der Waals surface area contributed by atoms with Gasteiger partial charge in [0, 0.05) is 17.0 Å². The van der Waals surface area contributed by atoms with Crippen LogP contribution in [0.1, 0.15) is 29.8 Å². The van der Waals surface area contributed by atoms with Gasteiger partial charge in [0.15, 0.2) is 0 Å². The van der Waals surface area contributed by atoms with Gasteiger partial charge in [-0.25, -0.2) is 8.42 Å². The Labute approximate surface area is 186 Å². The lowest BCUT2D eigenvalue weighted by Crippen LogP contribution is -2.26. The minimum Gasteiger partial charge on any atom is -0.284 e. The first-order chi connectivity index (χ1) is 14.8. The molecule has 1 aliphatic rings. The van der Waals surface area contributed by atoms with Crippen molar-refractivity contribution in [3.63, 3.8) is 0 Å². The molecule has 0 amide bonds. The summed E-state index contributed by atoms with van der Waals surface area (Å²) in [6.45, 7) is 1.56. The summed E-state index contributed by atoms with van der Waals surface area (Å²) in [6, 6.07) is 18.4. The maximum atomic E-state index is 13.3.